The van der Waals surface area contributed by atoms with Crippen molar-refractivity contribution in [2.45, 2.75) is 32.7 Å². The van der Waals surface area contributed by atoms with Gasteiger partial charge in [0.05, 0.1) is 5.56 Å². The van der Waals surface area contributed by atoms with Gasteiger partial charge in [0.15, 0.2) is 0 Å². The molecule has 1 atom stereocenters. The molecule has 130 valence electrons. The predicted molar refractivity (Wildman–Crippen MR) is 92.2 cm³/mol. The third-order valence-electron chi connectivity index (χ3n) is 3.75. The topological polar surface area (TPSA) is 75.6 Å². The van der Waals surface area contributed by atoms with Gasteiger partial charge in [0.2, 0.25) is 0 Å². The molecule has 5 nitrogen and oxygen atoms in total. The molecule has 1 amide bonds. The van der Waals surface area contributed by atoms with Crippen molar-refractivity contribution in [2.75, 3.05) is 0 Å². The van der Waals surface area contributed by atoms with Crippen LogP contribution in [-0.4, -0.2) is 23.2 Å². The van der Waals surface area contributed by atoms with Gasteiger partial charge in [-0.25, -0.2) is 9.18 Å². The predicted octanol–water partition coefficient (Wildman–Crippen LogP) is 3.65. The van der Waals surface area contributed by atoms with Crippen molar-refractivity contribution in [2.24, 2.45) is 0 Å². The highest BCUT2D eigenvalue weighted by molar-refractivity contribution is 5.93. The number of hydrogen-bond donors (Lipinski definition) is 2. The zero-order valence-electron chi connectivity index (χ0n) is 14.1. The van der Waals surface area contributed by atoms with Crippen LogP contribution in [0.4, 0.5) is 9.18 Å². The van der Waals surface area contributed by atoms with Crippen LogP contribution < -0.4 is 10.1 Å². The molecule has 0 aliphatic rings. The molecule has 0 bridgehead atoms. The highest BCUT2D eigenvalue weighted by Gasteiger charge is 2.18. The van der Waals surface area contributed by atoms with E-state index in [9.17, 15) is 14.0 Å². The zero-order valence-corrected chi connectivity index (χ0v) is 14.1. The summed E-state index contributed by atoms with van der Waals surface area (Å²) in [5.74, 6) is 0.935. The van der Waals surface area contributed by atoms with E-state index in [4.69, 9.17) is 16.3 Å². The smallest absolute Gasteiger partial charge is 0.413 e. The number of nitrogens with one attached hydrogen (secondary N) is 1. The van der Waals surface area contributed by atoms with Crippen LogP contribution in [0.15, 0.2) is 24.3 Å². The Hall–Kier alpha value is -3.07. The number of benzene rings is 2. The van der Waals surface area contributed by atoms with E-state index in [-0.39, 0.29) is 17.2 Å². The molecule has 0 radical (unpaired) electrons. The van der Waals surface area contributed by atoms with Gasteiger partial charge in [0.25, 0.3) is 0 Å². The maximum Gasteiger partial charge on any atom is 0.413 e. The van der Waals surface area contributed by atoms with Gasteiger partial charge in [-0.3, -0.25) is 4.79 Å². The molecule has 6 heteroatoms. The van der Waals surface area contributed by atoms with Gasteiger partial charge in [-0.05, 0) is 42.0 Å². The van der Waals surface area contributed by atoms with E-state index in [1.807, 2.05) is 13.8 Å². The van der Waals surface area contributed by atoms with Crippen molar-refractivity contribution < 1.29 is 23.8 Å². The summed E-state index contributed by atoms with van der Waals surface area (Å²) in [7, 11) is 0. The molecule has 0 unspecified atom stereocenters. The molecule has 0 aromatic heterocycles. The quantitative estimate of drug-likeness (QED) is 0.831. The van der Waals surface area contributed by atoms with Gasteiger partial charge >= 0.3 is 12.1 Å². The Morgan fingerprint density at radius 3 is 2.52 bits per heavy atom. The number of amides is 1. The van der Waals surface area contributed by atoms with Crippen LogP contribution in [0.3, 0.4) is 0 Å². The van der Waals surface area contributed by atoms with E-state index in [0.717, 1.165) is 5.56 Å². The SMILES string of the molecule is C#Cc1c(F)ccc2cc(OC(=O)N[C@@H](C)C(=O)O)cc(C(C)C)c12. The van der Waals surface area contributed by atoms with Crippen molar-refractivity contribution >= 4 is 22.8 Å². The number of carbonyl (C=O) groups is 2. The summed E-state index contributed by atoms with van der Waals surface area (Å²) in [4.78, 5) is 22.6. The fourth-order valence-electron chi connectivity index (χ4n) is 2.48. The number of carbonyl (C=O) groups excluding carboxylic acids is 1. The average molecular weight is 343 g/mol. The van der Waals surface area contributed by atoms with Crippen LogP contribution in [0.1, 0.15) is 37.8 Å². The molecule has 0 aliphatic heterocycles. The molecule has 2 aromatic rings. The Balaban J connectivity index is 2.47. The number of halogens is 1. The molecular weight excluding hydrogens is 325 g/mol. The first-order valence-corrected chi connectivity index (χ1v) is 7.68. The van der Waals surface area contributed by atoms with Crippen molar-refractivity contribution in [3.05, 3.63) is 41.2 Å². The van der Waals surface area contributed by atoms with Crippen LogP contribution >= 0.6 is 0 Å². The number of hydrogen-bond acceptors (Lipinski definition) is 3. The zero-order chi connectivity index (χ0) is 18.7. The molecule has 2 N–H and O–H groups in total. The van der Waals surface area contributed by atoms with E-state index < -0.39 is 23.9 Å². The van der Waals surface area contributed by atoms with Gasteiger partial charge < -0.3 is 15.2 Å². The Morgan fingerprint density at radius 2 is 1.96 bits per heavy atom. The number of ether oxygens (including phenoxy) is 1. The number of carboxylic acids is 1. The highest BCUT2D eigenvalue weighted by Crippen LogP contribution is 2.33. The number of aliphatic carboxylic acids is 1. The molecule has 0 aliphatic carbocycles. The summed E-state index contributed by atoms with van der Waals surface area (Å²) in [6.07, 6.45) is 4.56. The lowest BCUT2D eigenvalue weighted by Crippen LogP contribution is -2.39. The van der Waals surface area contributed by atoms with E-state index in [2.05, 4.69) is 11.2 Å². The van der Waals surface area contributed by atoms with Gasteiger partial charge in [0.1, 0.15) is 17.6 Å². The number of fused-ring (bicyclic) bond motifs is 1. The first kappa shape index (κ1) is 18.3. The Kier molecular flexibility index (Phi) is 5.28. The van der Waals surface area contributed by atoms with E-state index in [1.54, 1.807) is 18.2 Å². The van der Waals surface area contributed by atoms with Gasteiger partial charge in [-0.1, -0.05) is 25.8 Å². The summed E-state index contributed by atoms with van der Waals surface area (Å²) in [5.41, 5.74) is 0.899. The third-order valence-corrected chi connectivity index (χ3v) is 3.75. The molecule has 2 rings (SSSR count). The molecule has 0 heterocycles. The molecule has 0 saturated heterocycles. The fourth-order valence-corrected chi connectivity index (χ4v) is 2.48. The number of rotatable bonds is 4. The average Bonchev–Trinajstić information content (AvgIpc) is 2.53. The second kappa shape index (κ2) is 7.22. The van der Waals surface area contributed by atoms with Crippen molar-refractivity contribution in [3.8, 4) is 18.1 Å². The molecule has 0 fully saturated rings. The first-order valence-electron chi connectivity index (χ1n) is 7.68. The number of carboxylic acid groups (broad SMARTS) is 1. The van der Waals surface area contributed by atoms with Gasteiger partial charge in [-0.2, -0.15) is 0 Å². The first-order chi connectivity index (χ1) is 11.7. The maximum absolute atomic E-state index is 14.0. The van der Waals surface area contributed by atoms with Crippen LogP contribution in [0.25, 0.3) is 10.8 Å². The molecule has 2 aromatic carbocycles. The Morgan fingerprint density at radius 1 is 1.28 bits per heavy atom. The minimum Gasteiger partial charge on any atom is -0.480 e. The van der Waals surface area contributed by atoms with Crippen molar-refractivity contribution in [1.82, 2.24) is 5.32 Å². The molecule has 0 spiro atoms. The standard InChI is InChI=1S/C19H18FNO4/c1-5-14-16(20)7-6-12-8-13(9-15(10(2)3)17(12)14)25-19(24)21-11(4)18(22)23/h1,6-11H,2-4H3,(H,21,24)(H,22,23)/t11-/m0/s1. The Bertz CT molecular complexity index is 883. The monoisotopic (exact) mass is 343 g/mol. The lowest BCUT2D eigenvalue weighted by Gasteiger charge is -2.16. The normalized spacial score (nSPS) is 11.8. The fraction of sp³-hybridized carbons (Fsp3) is 0.263. The summed E-state index contributed by atoms with van der Waals surface area (Å²) in [6, 6.07) is 4.91. The summed E-state index contributed by atoms with van der Waals surface area (Å²) in [6.45, 7) is 5.15. The summed E-state index contributed by atoms with van der Waals surface area (Å²) in [5, 5.41) is 12.3. The second-order valence-electron chi connectivity index (χ2n) is 5.93. The van der Waals surface area contributed by atoms with Crippen LogP contribution in [0, 0.1) is 18.2 Å². The van der Waals surface area contributed by atoms with E-state index >= 15 is 0 Å². The highest BCUT2D eigenvalue weighted by atomic mass is 19.1. The largest absolute Gasteiger partial charge is 0.480 e. The van der Waals surface area contributed by atoms with E-state index in [1.165, 1.54) is 13.0 Å². The Labute approximate surface area is 144 Å². The van der Waals surface area contributed by atoms with Crippen LogP contribution in [0.5, 0.6) is 5.75 Å². The second-order valence-corrected chi connectivity index (χ2v) is 5.93. The minimum absolute atomic E-state index is 0.000884. The van der Waals surface area contributed by atoms with Gasteiger partial charge in [-0.15, -0.1) is 6.42 Å². The summed E-state index contributed by atoms with van der Waals surface area (Å²) < 4.78 is 19.2. The van der Waals surface area contributed by atoms with Crippen LogP contribution in [-0.2, 0) is 4.79 Å². The van der Waals surface area contributed by atoms with Crippen LogP contribution in [0.2, 0.25) is 0 Å². The lowest BCUT2D eigenvalue weighted by atomic mass is 9.92. The summed E-state index contributed by atoms with van der Waals surface area (Å²) >= 11 is 0. The van der Waals surface area contributed by atoms with Crippen molar-refractivity contribution in [1.29, 1.82) is 0 Å². The molecular formula is C19H18FNO4. The minimum atomic E-state index is -1.17. The van der Waals surface area contributed by atoms with Gasteiger partial charge in [0, 0.05) is 5.39 Å². The molecule has 25 heavy (non-hydrogen) atoms. The lowest BCUT2D eigenvalue weighted by molar-refractivity contribution is -0.138. The number of terminal acetylenes is 1. The maximum atomic E-state index is 14.0. The molecule has 0 saturated carbocycles. The van der Waals surface area contributed by atoms with E-state index in [0.29, 0.717) is 10.8 Å². The van der Waals surface area contributed by atoms with Crippen molar-refractivity contribution in [3.63, 3.8) is 0 Å². The third kappa shape index (κ3) is 3.89.